The fraction of sp³-hybridized carbons (Fsp3) is 0.773. The Morgan fingerprint density at radius 2 is 1.89 bits per heavy atom. The van der Waals surface area contributed by atoms with E-state index < -0.39 is 0 Å². The van der Waals surface area contributed by atoms with Crippen molar-refractivity contribution in [3.05, 3.63) is 27.9 Å². The molecule has 0 saturated carbocycles. The highest BCUT2D eigenvalue weighted by Crippen LogP contribution is 2.26. The molecule has 0 aliphatic carbocycles. The second-order valence-electron chi connectivity index (χ2n) is 9.04. The highest BCUT2D eigenvalue weighted by Gasteiger charge is 2.27. The van der Waals surface area contributed by atoms with Crippen LogP contribution in [0.1, 0.15) is 69.3 Å². The van der Waals surface area contributed by atoms with Crippen molar-refractivity contribution in [2.75, 3.05) is 32.7 Å². The fourth-order valence-corrected chi connectivity index (χ4v) is 4.93. The van der Waals surface area contributed by atoms with Crippen molar-refractivity contribution in [1.29, 1.82) is 0 Å². The van der Waals surface area contributed by atoms with Crippen LogP contribution in [0.2, 0.25) is 0 Å². The summed E-state index contributed by atoms with van der Waals surface area (Å²) in [5, 5.41) is 0. The van der Waals surface area contributed by atoms with E-state index >= 15 is 0 Å². The molecule has 1 amide bonds. The number of hydrogen-bond donors (Lipinski definition) is 0. The van der Waals surface area contributed by atoms with Crippen LogP contribution in [0.15, 0.2) is 10.9 Å². The summed E-state index contributed by atoms with van der Waals surface area (Å²) in [7, 11) is 0. The predicted octanol–water partition coefficient (Wildman–Crippen LogP) is 2.41. The van der Waals surface area contributed by atoms with E-state index in [-0.39, 0.29) is 17.4 Å². The zero-order chi connectivity index (χ0) is 19.5. The van der Waals surface area contributed by atoms with E-state index in [1.165, 1.54) is 6.42 Å². The van der Waals surface area contributed by atoms with Crippen molar-refractivity contribution >= 4 is 5.91 Å². The lowest BCUT2D eigenvalue weighted by atomic mass is 9.94. The Bertz CT molecular complexity index is 751. The molecule has 2 fully saturated rings. The zero-order valence-corrected chi connectivity index (χ0v) is 17.2. The van der Waals surface area contributed by atoms with Crippen molar-refractivity contribution in [2.45, 2.75) is 70.8 Å². The van der Waals surface area contributed by atoms with Crippen molar-refractivity contribution in [3.63, 3.8) is 0 Å². The molecule has 6 nitrogen and oxygen atoms in total. The Morgan fingerprint density at radius 3 is 2.71 bits per heavy atom. The first kappa shape index (κ1) is 19.6. The van der Waals surface area contributed by atoms with Gasteiger partial charge in [-0.3, -0.25) is 19.1 Å². The van der Waals surface area contributed by atoms with Gasteiger partial charge in [-0.15, -0.1) is 0 Å². The minimum atomic E-state index is 0.109. The second-order valence-corrected chi connectivity index (χ2v) is 9.04. The lowest BCUT2D eigenvalue weighted by molar-refractivity contribution is -0.134. The molecule has 0 bridgehead atoms. The number of amides is 1. The Labute approximate surface area is 167 Å². The van der Waals surface area contributed by atoms with E-state index in [0.717, 1.165) is 95.1 Å². The van der Waals surface area contributed by atoms with E-state index in [2.05, 4.69) is 11.8 Å². The summed E-state index contributed by atoms with van der Waals surface area (Å²) >= 11 is 0. The summed E-state index contributed by atoms with van der Waals surface area (Å²) in [5.74, 6) is 2.24. The van der Waals surface area contributed by atoms with Gasteiger partial charge in [0.05, 0.1) is 12.2 Å². The van der Waals surface area contributed by atoms with E-state index in [1.807, 2.05) is 9.47 Å². The first-order chi connectivity index (χ1) is 13.6. The van der Waals surface area contributed by atoms with Gasteiger partial charge in [-0.05, 0) is 51.0 Å². The normalized spacial score (nSPS) is 24.6. The Hall–Kier alpha value is -1.69. The third-order valence-corrected chi connectivity index (χ3v) is 6.81. The number of nitrogens with zero attached hydrogens (tertiary/aromatic N) is 4. The third kappa shape index (κ3) is 4.48. The quantitative estimate of drug-likeness (QED) is 0.800. The number of carbonyl (C=O) groups is 1. The van der Waals surface area contributed by atoms with Crippen molar-refractivity contribution in [3.8, 4) is 0 Å². The van der Waals surface area contributed by atoms with Gasteiger partial charge in [0.15, 0.2) is 0 Å². The van der Waals surface area contributed by atoms with Gasteiger partial charge in [0.25, 0.3) is 5.56 Å². The molecule has 6 heteroatoms. The molecular formula is C22H34N4O2. The van der Waals surface area contributed by atoms with Crippen LogP contribution in [0.3, 0.4) is 0 Å². The predicted molar refractivity (Wildman–Crippen MR) is 109 cm³/mol. The van der Waals surface area contributed by atoms with Crippen LogP contribution in [0.4, 0.5) is 0 Å². The fourth-order valence-electron chi connectivity index (χ4n) is 4.93. The standard InChI is InChI=1S/C22H34N4O2/c1-17-8-12-25(13-9-17)22(28)16-24-10-5-6-18(15-24)19-14-21(27)26-11-4-2-3-7-20(26)23-19/h14,17-18H,2-13,15-16H2,1H3. The number of likely N-dealkylation sites (tertiary alicyclic amines) is 2. The Morgan fingerprint density at radius 1 is 1.07 bits per heavy atom. The number of aryl methyl sites for hydroxylation is 1. The van der Waals surface area contributed by atoms with E-state index in [0.29, 0.717) is 6.54 Å². The molecule has 3 aliphatic rings. The molecule has 0 aromatic carbocycles. The summed E-state index contributed by atoms with van der Waals surface area (Å²) in [6.45, 7) is 7.20. The number of rotatable bonds is 3. The van der Waals surface area contributed by atoms with Gasteiger partial charge < -0.3 is 4.90 Å². The largest absolute Gasteiger partial charge is 0.342 e. The van der Waals surface area contributed by atoms with E-state index in [1.54, 1.807) is 6.07 Å². The number of aromatic nitrogens is 2. The van der Waals surface area contributed by atoms with Gasteiger partial charge in [0.1, 0.15) is 5.82 Å². The minimum Gasteiger partial charge on any atom is -0.342 e. The molecular weight excluding hydrogens is 352 g/mol. The summed E-state index contributed by atoms with van der Waals surface area (Å²) in [6.07, 6.45) is 8.64. The first-order valence-corrected chi connectivity index (χ1v) is 11.2. The molecule has 0 radical (unpaired) electrons. The van der Waals surface area contributed by atoms with Crippen LogP contribution >= 0.6 is 0 Å². The van der Waals surface area contributed by atoms with Crippen LogP contribution < -0.4 is 5.56 Å². The highest BCUT2D eigenvalue weighted by molar-refractivity contribution is 5.78. The van der Waals surface area contributed by atoms with Gasteiger partial charge in [-0.2, -0.15) is 0 Å². The summed E-state index contributed by atoms with van der Waals surface area (Å²) in [4.78, 5) is 34.6. The molecule has 1 aromatic rings. The number of piperidine rings is 2. The molecule has 2 saturated heterocycles. The number of carbonyl (C=O) groups excluding carboxylic acids is 1. The molecule has 1 aromatic heterocycles. The van der Waals surface area contributed by atoms with Gasteiger partial charge in [0.2, 0.25) is 5.91 Å². The molecule has 0 N–H and O–H groups in total. The van der Waals surface area contributed by atoms with Crippen molar-refractivity contribution in [1.82, 2.24) is 19.4 Å². The maximum absolute atomic E-state index is 12.7. The lowest BCUT2D eigenvalue weighted by Gasteiger charge is -2.35. The number of fused-ring (bicyclic) bond motifs is 1. The summed E-state index contributed by atoms with van der Waals surface area (Å²) in [5.41, 5.74) is 1.06. The van der Waals surface area contributed by atoms with E-state index in [4.69, 9.17) is 4.98 Å². The summed E-state index contributed by atoms with van der Waals surface area (Å²) < 4.78 is 1.87. The van der Waals surface area contributed by atoms with Crippen molar-refractivity contribution in [2.24, 2.45) is 5.92 Å². The van der Waals surface area contributed by atoms with Crippen LogP contribution in [-0.2, 0) is 17.8 Å². The Kier molecular flexibility index (Phi) is 6.14. The third-order valence-electron chi connectivity index (χ3n) is 6.81. The molecule has 28 heavy (non-hydrogen) atoms. The van der Waals surface area contributed by atoms with Crippen LogP contribution in [-0.4, -0.2) is 58.0 Å². The van der Waals surface area contributed by atoms with Crippen LogP contribution in [0, 0.1) is 5.92 Å². The second kappa shape index (κ2) is 8.76. The minimum absolute atomic E-state index is 0.109. The topological polar surface area (TPSA) is 58.4 Å². The molecule has 154 valence electrons. The van der Waals surface area contributed by atoms with Gasteiger partial charge in [-0.1, -0.05) is 13.3 Å². The van der Waals surface area contributed by atoms with Gasteiger partial charge in [-0.25, -0.2) is 4.98 Å². The SMILES string of the molecule is CC1CCN(C(=O)CN2CCCC(c3cc(=O)n4c(n3)CCCCC4)C2)CC1. The molecule has 1 atom stereocenters. The average Bonchev–Trinajstić information content (AvgIpc) is 2.94. The van der Waals surface area contributed by atoms with E-state index in [9.17, 15) is 9.59 Å². The average molecular weight is 387 g/mol. The monoisotopic (exact) mass is 386 g/mol. The van der Waals surface area contributed by atoms with Gasteiger partial charge in [0, 0.05) is 44.6 Å². The molecule has 0 spiro atoms. The molecule has 4 heterocycles. The lowest BCUT2D eigenvalue weighted by Crippen LogP contribution is -2.46. The van der Waals surface area contributed by atoms with Crippen molar-refractivity contribution < 1.29 is 4.79 Å². The molecule has 3 aliphatic heterocycles. The Balaban J connectivity index is 1.41. The number of hydrogen-bond acceptors (Lipinski definition) is 4. The summed E-state index contributed by atoms with van der Waals surface area (Å²) in [6, 6.07) is 1.76. The van der Waals surface area contributed by atoms with Gasteiger partial charge >= 0.3 is 0 Å². The zero-order valence-electron chi connectivity index (χ0n) is 17.2. The maximum Gasteiger partial charge on any atom is 0.253 e. The van der Waals surface area contributed by atoms with Crippen LogP contribution in [0.25, 0.3) is 0 Å². The highest BCUT2D eigenvalue weighted by atomic mass is 16.2. The first-order valence-electron chi connectivity index (χ1n) is 11.2. The molecule has 4 rings (SSSR count). The smallest absolute Gasteiger partial charge is 0.253 e. The van der Waals surface area contributed by atoms with Crippen LogP contribution in [0.5, 0.6) is 0 Å². The maximum atomic E-state index is 12.7. The molecule has 1 unspecified atom stereocenters.